The van der Waals surface area contributed by atoms with Crippen LogP contribution in [0.25, 0.3) is 0 Å². The van der Waals surface area contributed by atoms with Crippen molar-refractivity contribution in [3.63, 3.8) is 0 Å². The normalized spacial score (nSPS) is 29.2. The summed E-state index contributed by atoms with van der Waals surface area (Å²) in [6.45, 7) is -1.34. The zero-order valence-electron chi connectivity index (χ0n) is 6.35. The Labute approximate surface area is 68.1 Å². The third-order valence-corrected chi connectivity index (χ3v) is 1.62. The molecule has 6 heteroatoms. The third-order valence-electron chi connectivity index (χ3n) is 1.62. The highest BCUT2D eigenvalue weighted by molar-refractivity contribution is 5.77. The minimum Gasteiger partial charge on any atom is -0.361 e. The van der Waals surface area contributed by atoms with Gasteiger partial charge in [0, 0.05) is 6.54 Å². The molecule has 70 valence electrons. The SMILES string of the molecule is NCC1OCC(=O)NCC1(F)F. The second kappa shape index (κ2) is 3.32. The Morgan fingerprint density at radius 1 is 1.75 bits per heavy atom. The maximum Gasteiger partial charge on any atom is 0.291 e. The fourth-order valence-corrected chi connectivity index (χ4v) is 0.920. The lowest BCUT2D eigenvalue weighted by Gasteiger charge is -2.21. The van der Waals surface area contributed by atoms with Gasteiger partial charge in [-0.1, -0.05) is 0 Å². The average Bonchev–Trinajstić information content (AvgIpc) is 2.12. The Morgan fingerprint density at radius 3 is 3.00 bits per heavy atom. The van der Waals surface area contributed by atoms with E-state index in [-0.39, 0.29) is 13.2 Å². The Morgan fingerprint density at radius 2 is 2.42 bits per heavy atom. The largest absolute Gasteiger partial charge is 0.361 e. The van der Waals surface area contributed by atoms with Gasteiger partial charge in [0.05, 0.1) is 6.54 Å². The van der Waals surface area contributed by atoms with Crippen molar-refractivity contribution in [1.82, 2.24) is 5.32 Å². The lowest BCUT2D eigenvalue weighted by atomic mass is 10.2. The molecular formula is C6H10F2N2O2. The molecule has 0 spiro atoms. The van der Waals surface area contributed by atoms with Crippen LogP contribution in [0.3, 0.4) is 0 Å². The lowest BCUT2D eigenvalue weighted by Crippen LogP contribution is -2.45. The first kappa shape index (κ1) is 9.34. The Bertz CT molecular complexity index is 186. The van der Waals surface area contributed by atoms with Gasteiger partial charge in [-0.05, 0) is 0 Å². The molecule has 4 nitrogen and oxygen atoms in total. The molecule has 0 bridgehead atoms. The van der Waals surface area contributed by atoms with Gasteiger partial charge in [0.2, 0.25) is 5.91 Å². The highest BCUT2D eigenvalue weighted by atomic mass is 19.3. The van der Waals surface area contributed by atoms with Gasteiger partial charge in [0.25, 0.3) is 5.92 Å². The van der Waals surface area contributed by atoms with Crippen LogP contribution in [0.4, 0.5) is 8.78 Å². The maximum absolute atomic E-state index is 12.9. The predicted molar refractivity (Wildman–Crippen MR) is 36.8 cm³/mol. The molecule has 0 aromatic heterocycles. The summed E-state index contributed by atoms with van der Waals surface area (Å²) in [5.41, 5.74) is 5.05. The quantitative estimate of drug-likeness (QED) is 0.549. The highest BCUT2D eigenvalue weighted by Gasteiger charge is 2.42. The molecule has 1 atom stereocenters. The summed E-state index contributed by atoms with van der Waals surface area (Å²) in [7, 11) is 0. The van der Waals surface area contributed by atoms with Crippen LogP contribution < -0.4 is 11.1 Å². The average molecular weight is 180 g/mol. The smallest absolute Gasteiger partial charge is 0.291 e. The predicted octanol–water partition coefficient (Wildman–Crippen LogP) is -0.905. The molecule has 3 N–H and O–H groups in total. The number of alkyl halides is 2. The van der Waals surface area contributed by atoms with Gasteiger partial charge in [0.15, 0.2) is 0 Å². The summed E-state index contributed by atoms with van der Waals surface area (Å²) >= 11 is 0. The molecule has 1 aliphatic rings. The zero-order chi connectivity index (χ0) is 9.19. The van der Waals surface area contributed by atoms with E-state index in [0.29, 0.717) is 0 Å². The van der Waals surface area contributed by atoms with E-state index in [4.69, 9.17) is 5.73 Å². The molecule has 1 heterocycles. The minimum absolute atomic E-state index is 0.290. The van der Waals surface area contributed by atoms with Crippen molar-refractivity contribution in [3.8, 4) is 0 Å². The van der Waals surface area contributed by atoms with E-state index in [0.717, 1.165) is 0 Å². The zero-order valence-corrected chi connectivity index (χ0v) is 6.35. The van der Waals surface area contributed by atoms with E-state index >= 15 is 0 Å². The molecule has 0 aromatic carbocycles. The van der Waals surface area contributed by atoms with Gasteiger partial charge in [-0.2, -0.15) is 0 Å². The van der Waals surface area contributed by atoms with Crippen molar-refractivity contribution in [2.75, 3.05) is 19.7 Å². The first-order valence-electron chi connectivity index (χ1n) is 3.52. The number of carbonyl (C=O) groups excluding carboxylic acids is 1. The van der Waals surface area contributed by atoms with Crippen LogP contribution in [0, 0.1) is 0 Å². The molecule has 0 aliphatic carbocycles. The van der Waals surface area contributed by atoms with Crippen molar-refractivity contribution < 1.29 is 18.3 Å². The van der Waals surface area contributed by atoms with Crippen LogP contribution in [0.1, 0.15) is 0 Å². The summed E-state index contributed by atoms with van der Waals surface area (Å²) in [4.78, 5) is 10.6. The number of nitrogens with one attached hydrogen (secondary N) is 1. The van der Waals surface area contributed by atoms with Gasteiger partial charge >= 0.3 is 0 Å². The van der Waals surface area contributed by atoms with Crippen molar-refractivity contribution in [3.05, 3.63) is 0 Å². The molecule has 0 radical (unpaired) electrons. The standard InChI is InChI=1S/C6H10F2N2O2/c7-6(8)3-10-5(11)2-12-4(6)1-9/h4H,1-3,9H2,(H,10,11). The first-order valence-corrected chi connectivity index (χ1v) is 3.52. The number of nitrogens with two attached hydrogens (primary N) is 1. The van der Waals surface area contributed by atoms with Gasteiger partial charge in [-0.25, -0.2) is 8.78 Å². The fraction of sp³-hybridized carbons (Fsp3) is 0.833. The van der Waals surface area contributed by atoms with Crippen molar-refractivity contribution in [1.29, 1.82) is 0 Å². The van der Waals surface area contributed by atoms with Crippen LogP contribution in [0.15, 0.2) is 0 Å². The van der Waals surface area contributed by atoms with E-state index < -0.39 is 24.5 Å². The summed E-state index contributed by atoms with van der Waals surface area (Å²) in [6.07, 6.45) is -1.36. The Kier molecular flexibility index (Phi) is 2.58. The van der Waals surface area contributed by atoms with E-state index in [1.165, 1.54) is 0 Å². The number of ether oxygens (including phenoxy) is 1. The van der Waals surface area contributed by atoms with Crippen molar-refractivity contribution in [2.24, 2.45) is 5.73 Å². The number of hydrogen-bond acceptors (Lipinski definition) is 3. The molecule has 1 aliphatic heterocycles. The molecule has 1 rings (SSSR count). The summed E-state index contributed by atoms with van der Waals surface area (Å²) in [5.74, 6) is -3.60. The molecule has 1 unspecified atom stereocenters. The van der Waals surface area contributed by atoms with E-state index in [2.05, 4.69) is 4.74 Å². The van der Waals surface area contributed by atoms with Crippen LogP contribution in [-0.2, 0) is 9.53 Å². The van der Waals surface area contributed by atoms with E-state index in [1.807, 2.05) is 5.32 Å². The van der Waals surface area contributed by atoms with Gasteiger partial charge in [-0.3, -0.25) is 4.79 Å². The van der Waals surface area contributed by atoms with Crippen LogP contribution in [0.2, 0.25) is 0 Å². The lowest BCUT2D eigenvalue weighted by molar-refractivity contribution is -0.131. The second-order valence-corrected chi connectivity index (χ2v) is 2.57. The van der Waals surface area contributed by atoms with Crippen LogP contribution in [-0.4, -0.2) is 37.6 Å². The monoisotopic (exact) mass is 180 g/mol. The summed E-state index contributed by atoms with van der Waals surface area (Å²) in [5, 5.41) is 2.03. The number of halogens is 2. The van der Waals surface area contributed by atoms with Crippen molar-refractivity contribution >= 4 is 5.91 Å². The van der Waals surface area contributed by atoms with Crippen LogP contribution >= 0.6 is 0 Å². The second-order valence-electron chi connectivity index (χ2n) is 2.57. The fourth-order valence-electron chi connectivity index (χ4n) is 0.920. The molecule has 0 saturated carbocycles. The van der Waals surface area contributed by atoms with Gasteiger partial charge in [0.1, 0.15) is 12.7 Å². The van der Waals surface area contributed by atoms with E-state index in [9.17, 15) is 13.6 Å². The van der Waals surface area contributed by atoms with Crippen molar-refractivity contribution in [2.45, 2.75) is 12.0 Å². The minimum atomic E-state index is -3.07. The van der Waals surface area contributed by atoms with Gasteiger partial charge < -0.3 is 15.8 Å². The number of hydrogen-bond donors (Lipinski definition) is 2. The topological polar surface area (TPSA) is 64.3 Å². The first-order chi connectivity index (χ1) is 5.56. The molecule has 1 fully saturated rings. The maximum atomic E-state index is 12.9. The van der Waals surface area contributed by atoms with Crippen LogP contribution in [0.5, 0.6) is 0 Å². The molecule has 12 heavy (non-hydrogen) atoms. The Hall–Kier alpha value is -0.750. The molecule has 1 saturated heterocycles. The summed E-state index contributed by atoms with van der Waals surface area (Å²) < 4.78 is 30.4. The summed E-state index contributed by atoms with van der Waals surface area (Å²) in [6, 6.07) is 0. The Balaban J connectivity index is 2.66. The molecule has 1 amide bonds. The molecule has 0 aromatic rings. The van der Waals surface area contributed by atoms with E-state index in [1.54, 1.807) is 0 Å². The van der Waals surface area contributed by atoms with Gasteiger partial charge in [-0.15, -0.1) is 0 Å². The third kappa shape index (κ3) is 1.89. The number of carbonyl (C=O) groups is 1. The highest BCUT2D eigenvalue weighted by Crippen LogP contribution is 2.21. The molecular weight excluding hydrogens is 170 g/mol. The number of amides is 1. The number of rotatable bonds is 1.